The Morgan fingerprint density at radius 2 is 1.94 bits per heavy atom. The van der Waals surface area contributed by atoms with Gasteiger partial charge >= 0.3 is 0 Å². The van der Waals surface area contributed by atoms with Gasteiger partial charge in [0.05, 0.1) is 17.4 Å². The molecule has 2 unspecified atom stereocenters. The number of carbonyl (C=O) groups excluding carboxylic acids is 1. The molecule has 2 fully saturated rings. The predicted molar refractivity (Wildman–Crippen MR) is 127 cm³/mol. The van der Waals surface area contributed by atoms with Gasteiger partial charge in [-0.15, -0.1) is 0 Å². The van der Waals surface area contributed by atoms with Crippen LogP contribution in [0.1, 0.15) is 60.6 Å². The number of hydrogen-bond donors (Lipinski definition) is 1. The molecule has 1 aromatic carbocycles. The number of benzene rings is 1. The Hall–Kier alpha value is -1.90. The van der Waals surface area contributed by atoms with Crippen molar-refractivity contribution in [2.45, 2.75) is 58.0 Å². The Morgan fingerprint density at radius 1 is 1.15 bits per heavy atom. The third-order valence-electron chi connectivity index (χ3n) is 7.86. The summed E-state index contributed by atoms with van der Waals surface area (Å²) in [6.07, 6.45) is 5.75. The topological polar surface area (TPSA) is 88.8 Å². The maximum Gasteiger partial charge on any atom is 0.253 e. The van der Waals surface area contributed by atoms with Gasteiger partial charge in [0.15, 0.2) is 0 Å². The summed E-state index contributed by atoms with van der Waals surface area (Å²) in [6, 6.07) is 5.44. The highest BCUT2D eigenvalue weighted by molar-refractivity contribution is 7.90. The summed E-state index contributed by atoms with van der Waals surface area (Å²) in [5, 5.41) is 10.9. The van der Waals surface area contributed by atoms with Crippen LogP contribution >= 0.6 is 0 Å². The number of likely N-dealkylation sites (tertiary alicyclic amines) is 1. The lowest BCUT2D eigenvalue weighted by molar-refractivity contribution is 0.0439. The Kier molecular flexibility index (Phi) is 6.27. The highest BCUT2D eigenvalue weighted by Gasteiger charge is 2.34. The van der Waals surface area contributed by atoms with Crippen LogP contribution in [0.2, 0.25) is 0 Å². The molecule has 33 heavy (non-hydrogen) atoms. The molecule has 1 aliphatic carbocycles. The number of aliphatic hydroxyl groups is 1. The van der Waals surface area contributed by atoms with Crippen LogP contribution in [0, 0.1) is 11.8 Å². The Balaban J connectivity index is 1.56. The fraction of sp³-hybridized carbons (Fsp3) is 0.640. The molecule has 8 heteroatoms. The van der Waals surface area contributed by atoms with Crippen LogP contribution in [0.15, 0.2) is 18.2 Å². The second-order valence-electron chi connectivity index (χ2n) is 9.82. The standard InChI is InChI=1S/C25H34N2O5S/c1-2-33(30,31)27-23-7-5-18(17-9-12-32-13-10-17)14-21(23)22-15-19(6-8-24(22)27)25(29)26-11-3-4-20(28)16-26/h6,8,15,17-18,20,28H,2-5,7,9-14,16H2,1H3. The summed E-state index contributed by atoms with van der Waals surface area (Å²) in [4.78, 5) is 14.9. The number of fused-ring (bicyclic) bond motifs is 3. The normalized spacial score (nSPS) is 24.7. The van der Waals surface area contributed by atoms with Crippen LogP contribution in [0.4, 0.5) is 0 Å². The summed E-state index contributed by atoms with van der Waals surface area (Å²) in [6.45, 7) is 4.29. The number of hydrogen-bond acceptors (Lipinski definition) is 5. The number of carbonyl (C=O) groups is 1. The first-order valence-electron chi connectivity index (χ1n) is 12.3. The average molecular weight is 475 g/mol. The van der Waals surface area contributed by atoms with E-state index < -0.39 is 16.1 Å². The lowest BCUT2D eigenvalue weighted by Gasteiger charge is -2.33. The van der Waals surface area contributed by atoms with Crippen molar-refractivity contribution in [3.05, 3.63) is 35.0 Å². The highest BCUT2D eigenvalue weighted by Crippen LogP contribution is 2.40. The molecule has 2 aliphatic heterocycles. The van der Waals surface area contributed by atoms with Gasteiger partial charge in [-0.2, -0.15) is 0 Å². The molecule has 5 rings (SSSR count). The molecule has 0 bridgehead atoms. The summed E-state index contributed by atoms with van der Waals surface area (Å²) in [5.41, 5.74) is 3.24. The molecule has 7 nitrogen and oxygen atoms in total. The second kappa shape index (κ2) is 9.04. The number of aromatic nitrogens is 1. The molecule has 0 spiro atoms. The van der Waals surface area contributed by atoms with E-state index in [-0.39, 0.29) is 11.7 Å². The van der Waals surface area contributed by atoms with Crippen LogP contribution in [-0.2, 0) is 27.6 Å². The molecule has 0 radical (unpaired) electrons. The fourth-order valence-corrected chi connectivity index (χ4v) is 7.29. The number of amides is 1. The van der Waals surface area contributed by atoms with E-state index in [0.29, 0.717) is 36.0 Å². The minimum Gasteiger partial charge on any atom is -0.391 e. The third-order valence-corrected chi connectivity index (χ3v) is 9.56. The van der Waals surface area contributed by atoms with Crippen molar-refractivity contribution in [1.29, 1.82) is 0 Å². The summed E-state index contributed by atoms with van der Waals surface area (Å²) in [5.74, 6) is 1.07. The van der Waals surface area contributed by atoms with E-state index >= 15 is 0 Å². The molecule has 180 valence electrons. The quantitative estimate of drug-likeness (QED) is 0.736. The van der Waals surface area contributed by atoms with Gasteiger partial charge in [-0.05, 0) is 87.5 Å². The molecule has 1 amide bonds. The Bertz CT molecular complexity index is 1150. The first-order chi connectivity index (χ1) is 15.9. The number of β-amino-alcohol motifs (C(OH)–C–C–N with tert-alkyl or cyclic N) is 1. The first-order valence-corrected chi connectivity index (χ1v) is 13.9. The average Bonchev–Trinajstić information content (AvgIpc) is 3.18. The molecular formula is C25H34N2O5S. The van der Waals surface area contributed by atoms with Crippen molar-refractivity contribution in [2.75, 3.05) is 32.1 Å². The molecule has 2 atom stereocenters. The zero-order chi connectivity index (χ0) is 23.2. The maximum absolute atomic E-state index is 13.2. The smallest absolute Gasteiger partial charge is 0.253 e. The minimum atomic E-state index is -3.46. The molecular weight excluding hydrogens is 440 g/mol. The molecule has 0 saturated carbocycles. The van der Waals surface area contributed by atoms with Crippen molar-refractivity contribution in [1.82, 2.24) is 8.87 Å². The van der Waals surface area contributed by atoms with Gasteiger partial charge in [-0.3, -0.25) is 4.79 Å². The SMILES string of the molecule is CCS(=O)(=O)n1c2c(c3cc(C(=O)N4CCCC(O)C4)ccc31)CC(C1CCOCC1)CC2. The van der Waals surface area contributed by atoms with Gasteiger partial charge in [0.1, 0.15) is 0 Å². The Morgan fingerprint density at radius 3 is 2.67 bits per heavy atom. The minimum absolute atomic E-state index is 0.0406. The summed E-state index contributed by atoms with van der Waals surface area (Å²) in [7, 11) is -3.46. The maximum atomic E-state index is 13.2. The van der Waals surface area contributed by atoms with Crippen LogP contribution in [-0.4, -0.2) is 66.5 Å². The molecule has 2 aromatic rings. The number of nitrogens with zero attached hydrogens (tertiary/aromatic N) is 2. The van der Waals surface area contributed by atoms with E-state index in [1.165, 1.54) is 0 Å². The van der Waals surface area contributed by atoms with Crippen LogP contribution in [0.3, 0.4) is 0 Å². The zero-order valence-electron chi connectivity index (χ0n) is 19.3. The van der Waals surface area contributed by atoms with Crippen molar-refractivity contribution < 1.29 is 23.1 Å². The number of ether oxygens (including phenoxy) is 1. The largest absolute Gasteiger partial charge is 0.391 e. The van der Waals surface area contributed by atoms with Crippen molar-refractivity contribution in [2.24, 2.45) is 11.8 Å². The Labute approximate surface area is 195 Å². The lowest BCUT2D eigenvalue weighted by Crippen LogP contribution is -2.42. The van der Waals surface area contributed by atoms with E-state index in [1.807, 2.05) is 6.07 Å². The monoisotopic (exact) mass is 474 g/mol. The van der Waals surface area contributed by atoms with Crippen molar-refractivity contribution in [3.63, 3.8) is 0 Å². The second-order valence-corrected chi connectivity index (χ2v) is 11.9. The van der Waals surface area contributed by atoms with E-state index in [1.54, 1.807) is 27.9 Å². The number of aliphatic hydroxyl groups excluding tert-OH is 1. The van der Waals surface area contributed by atoms with Crippen molar-refractivity contribution in [3.8, 4) is 0 Å². The molecule has 3 aliphatic rings. The molecule has 2 saturated heterocycles. The molecule has 1 aromatic heterocycles. The van der Waals surface area contributed by atoms with E-state index in [2.05, 4.69) is 0 Å². The van der Waals surface area contributed by atoms with Gasteiger partial charge in [0.2, 0.25) is 10.0 Å². The summed E-state index contributed by atoms with van der Waals surface area (Å²) < 4.78 is 33.3. The predicted octanol–water partition coefficient (Wildman–Crippen LogP) is 2.97. The van der Waals surface area contributed by atoms with Gasteiger partial charge in [-0.25, -0.2) is 12.4 Å². The number of piperidine rings is 1. The van der Waals surface area contributed by atoms with Gasteiger partial charge in [0, 0.05) is 42.9 Å². The van der Waals surface area contributed by atoms with Gasteiger partial charge in [0.25, 0.3) is 5.91 Å². The molecule has 1 N–H and O–H groups in total. The van der Waals surface area contributed by atoms with Crippen LogP contribution in [0.25, 0.3) is 10.9 Å². The van der Waals surface area contributed by atoms with Gasteiger partial charge in [-0.1, -0.05) is 0 Å². The number of rotatable bonds is 4. The lowest BCUT2D eigenvalue weighted by atomic mass is 9.75. The van der Waals surface area contributed by atoms with Crippen LogP contribution in [0.5, 0.6) is 0 Å². The van der Waals surface area contributed by atoms with Crippen molar-refractivity contribution >= 4 is 26.8 Å². The molecule has 3 heterocycles. The third kappa shape index (κ3) is 4.21. The van der Waals surface area contributed by atoms with Gasteiger partial charge < -0.3 is 14.7 Å². The van der Waals surface area contributed by atoms with E-state index in [4.69, 9.17) is 4.74 Å². The first kappa shape index (κ1) is 22.9. The van der Waals surface area contributed by atoms with Crippen LogP contribution < -0.4 is 0 Å². The van der Waals surface area contributed by atoms with E-state index in [9.17, 15) is 18.3 Å². The fourth-order valence-electron chi connectivity index (χ4n) is 6.04. The highest BCUT2D eigenvalue weighted by atomic mass is 32.2. The zero-order valence-corrected chi connectivity index (χ0v) is 20.1. The summed E-state index contributed by atoms with van der Waals surface area (Å²) >= 11 is 0. The van der Waals surface area contributed by atoms with E-state index in [0.717, 1.165) is 74.8 Å².